The molecule has 1 aromatic carbocycles. The fourth-order valence-corrected chi connectivity index (χ4v) is 2.32. The molecule has 0 aliphatic heterocycles. The van der Waals surface area contributed by atoms with Crippen LogP contribution in [0.2, 0.25) is 0 Å². The molecule has 23 heavy (non-hydrogen) atoms. The first-order chi connectivity index (χ1) is 11.1. The lowest BCUT2D eigenvalue weighted by molar-refractivity contribution is -0.384. The van der Waals surface area contributed by atoms with Crippen LogP contribution in [0.4, 0.5) is 5.69 Å². The number of nitrogens with zero attached hydrogens (tertiary/aromatic N) is 5. The van der Waals surface area contributed by atoms with E-state index in [1.165, 1.54) is 29.2 Å². The first-order valence-electron chi connectivity index (χ1n) is 6.94. The fraction of sp³-hybridized carbons (Fsp3) is 0.214. The first kappa shape index (κ1) is 14.9. The van der Waals surface area contributed by atoms with Gasteiger partial charge in [0, 0.05) is 18.7 Å². The van der Waals surface area contributed by atoms with Crippen LogP contribution in [-0.2, 0) is 13.1 Å². The number of rotatable bonds is 5. The van der Waals surface area contributed by atoms with Crippen molar-refractivity contribution in [1.29, 1.82) is 0 Å². The molecule has 0 amide bonds. The molecule has 2 aromatic heterocycles. The van der Waals surface area contributed by atoms with Crippen LogP contribution in [0.25, 0.3) is 11.0 Å². The van der Waals surface area contributed by atoms with Crippen LogP contribution in [0.15, 0.2) is 41.6 Å². The van der Waals surface area contributed by atoms with Crippen molar-refractivity contribution >= 4 is 16.7 Å². The first-order valence-corrected chi connectivity index (χ1v) is 6.94. The second-order valence-electron chi connectivity index (χ2n) is 4.99. The van der Waals surface area contributed by atoms with Gasteiger partial charge in [-0.25, -0.2) is 9.67 Å². The standard InChI is InChI=1S/C14H14N6O3/c15-5-6-19-13-12(7-17-19)14(21)18(9-16-13)8-10-1-3-11(4-2-10)20(22)23/h1-4,7,9H,5-6,8,15H2. The summed E-state index contributed by atoms with van der Waals surface area (Å²) in [6, 6.07) is 6.05. The van der Waals surface area contributed by atoms with E-state index in [4.69, 9.17) is 5.73 Å². The average Bonchev–Trinajstić information content (AvgIpc) is 2.95. The number of nitrogens with two attached hydrogens (primary N) is 1. The molecule has 118 valence electrons. The number of fused-ring (bicyclic) bond motifs is 1. The largest absolute Gasteiger partial charge is 0.329 e. The number of nitro benzene ring substituents is 1. The summed E-state index contributed by atoms with van der Waals surface area (Å²) in [4.78, 5) is 26.9. The van der Waals surface area contributed by atoms with E-state index in [-0.39, 0.29) is 17.8 Å². The Morgan fingerprint density at radius 3 is 2.65 bits per heavy atom. The lowest BCUT2D eigenvalue weighted by atomic mass is 10.2. The van der Waals surface area contributed by atoms with Crippen molar-refractivity contribution in [2.24, 2.45) is 5.73 Å². The molecule has 0 radical (unpaired) electrons. The third kappa shape index (κ3) is 2.81. The maximum absolute atomic E-state index is 12.5. The topological polar surface area (TPSA) is 122 Å². The maximum Gasteiger partial charge on any atom is 0.269 e. The Balaban J connectivity index is 1.93. The predicted octanol–water partition coefficient (Wildman–Crippen LogP) is 0.508. The van der Waals surface area contributed by atoms with Gasteiger partial charge in [-0.2, -0.15) is 5.10 Å². The van der Waals surface area contributed by atoms with Gasteiger partial charge in [-0.3, -0.25) is 19.5 Å². The summed E-state index contributed by atoms with van der Waals surface area (Å²) >= 11 is 0. The van der Waals surface area contributed by atoms with E-state index in [0.29, 0.717) is 24.1 Å². The van der Waals surface area contributed by atoms with Crippen LogP contribution in [0, 0.1) is 10.1 Å². The molecule has 0 unspecified atom stereocenters. The summed E-state index contributed by atoms with van der Waals surface area (Å²) in [6.45, 7) is 1.18. The number of benzene rings is 1. The molecule has 0 aliphatic rings. The Labute approximate surface area is 130 Å². The van der Waals surface area contributed by atoms with E-state index in [1.54, 1.807) is 16.8 Å². The minimum absolute atomic E-state index is 0.0118. The molecule has 9 nitrogen and oxygen atoms in total. The predicted molar refractivity (Wildman–Crippen MR) is 83.0 cm³/mol. The van der Waals surface area contributed by atoms with Crippen LogP contribution in [0.5, 0.6) is 0 Å². The molecule has 9 heteroatoms. The zero-order valence-electron chi connectivity index (χ0n) is 12.1. The van der Waals surface area contributed by atoms with Crippen molar-refractivity contribution in [1.82, 2.24) is 19.3 Å². The van der Waals surface area contributed by atoms with Crippen LogP contribution in [0.3, 0.4) is 0 Å². The van der Waals surface area contributed by atoms with Gasteiger partial charge in [0.15, 0.2) is 5.65 Å². The monoisotopic (exact) mass is 314 g/mol. The van der Waals surface area contributed by atoms with Gasteiger partial charge in [0.05, 0.1) is 24.2 Å². The van der Waals surface area contributed by atoms with Gasteiger partial charge in [-0.15, -0.1) is 0 Å². The second-order valence-corrected chi connectivity index (χ2v) is 4.99. The van der Waals surface area contributed by atoms with Gasteiger partial charge in [0.1, 0.15) is 11.7 Å². The van der Waals surface area contributed by atoms with Crippen LogP contribution < -0.4 is 11.3 Å². The third-order valence-electron chi connectivity index (χ3n) is 3.46. The molecule has 0 saturated heterocycles. The van der Waals surface area contributed by atoms with Crippen molar-refractivity contribution < 1.29 is 4.92 Å². The molecule has 0 aliphatic carbocycles. The Kier molecular flexibility index (Phi) is 3.85. The zero-order valence-corrected chi connectivity index (χ0v) is 12.1. The van der Waals surface area contributed by atoms with E-state index < -0.39 is 4.92 Å². The Hall–Kier alpha value is -3.07. The minimum atomic E-state index is -0.463. The van der Waals surface area contributed by atoms with Gasteiger partial charge in [-0.1, -0.05) is 12.1 Å². The normalized spacial score (nSPS) is 11.0. The molecule has 2 heterocycles. The van der Waals surface area contributed by atoms with Crippen molar-refractivity contribution in [3.63, 3.8) is 0 Å². The van der Waals surface area contributed by atoms with Gasteiger partial charge in [-0.05, 0) is 5.56 Å². The Bertz CT molecular complexity index is 912. The highest BCUT2D eigenvalue weighted by molar-refractivity contribution is 5.72. The highest BCUT2D eigenvalue weighted by atomic mass is 16.6. The summed E-state index contributed by atoms with van der Waals surface area (Å²) in [7, 11) is 0. The Morgan fingerprint density at radius 2 is 2.00 bits per heavy atom. The number of hydrogen-bond acceptors (Lipinski definition) is 6. The lowest BCUT2D eigenvalue weighted by Gasteiger charge is -2.06. The van der Waals surface area contributed by atoms with Gasteiger partial charge >= 0.3 is 0 Å². The molecule has 0 atom stereocenters. The van der Waals surface area contributed by atoms with Gasteiger partial charge in [0.2, 0.25) is 0 Å². The molecule has 0 fully saturated rings. The van der Waals surface area contributed by atoms with Crippen LogP contribution >= 0.6 is 0 Å². The number of aromatic nitrogens is 4. The van der Waals surface area contributed by atoms with E-state index >= 15 is 0 Å². The zero-order chi connectivity index (χ0) is 16.4. The van der Waals surface area contributed by atoms with E-state index in [9.17, 15) is 14.9 Å². The number of nitro groups is 1. The second kappa shape index (κ2) is 5.97. The van der Waals surface area contributed by atoms with Crippen LogP contribution in [-0.4, -0.2) is 30.8 Å². The Morgan fingerprint density at radius 1 is 1.26 bits per heavy atom. The molecule has 2 N–H and O–H groups in total. The molecule has 0 spiro atoms. The molecule has 0 saturated carbocycles. The van der Waals surface area contributed by atoms with Crippen molar-refractivity contribution in [2.45, 2.75) is 13.1 Å². The number of hydrogen-bond donors (Lipinski definition) is 1. The fourth-order valence-electron chi connectivity index (χ4n) is 2.32. The smallest absolute Gasteiger partial charge is 0.269 e. The highest BCUT2D eigenvalue weighted by Gasteiger charge is 2.10. The van der Waals surface area contributed by atoms with Gasteiger partial charge < -0.3 is 5.73 Å². The SMILES string of the molecule is NCCn1ncc2c(=O)n(Cc3ccc([N+](=O)[O-])cc3)cnc21. The lowest BCUT2D eigenvalue weighted by Crippen LogP contribution is -2.21. The van der Waals surface area contributed by atoms with Crippen molar-refractivity contribution in [2.75, 3.05) is 6.54 Å². The molecule has 0 bridgehead atoms. The average molecular weight is 314 g/mol. The summed E-state index contributed by atoms with van der Waals surface area (Å²) in [5.41, 5.74) is 6.57. The van der Waals surface area contributed by atoms with E-state index in [1.807, 2.05) is 0 Å². The van der Waals surface area contributed by atoms with E-state index in [2.05, 4.69) is 10.1 Å². The quantitative estimate of drug-likeness (QED) is 0.541. The molecule has 3 aromatic rings. The highest BCUT2D eigenvalue weighted by Crippen LogP contribution is 2.13. The van der Waals surface area contributed by atoms with E-state index in [0.717, 1.165) is 5.56 Å². The summed E-state index contributed by atoms with van der Waals surface area (Å²) < 4.78 is 3.03. The molecular formula is C14H14N6O3. The van der Waals surface area contributed by atoms with Crippen molar-refractivity contribution in [3.8, 4) is 0 Å². The summed E-state index contributed by atoms with van der Waals surface area (Å²) in [6.07, 6.45) is 2.92. The maximum atomic E-state index is 12.5. The molecular weight excluding hydrogens is 300 g/mol. The minimum Gasteiger partial charge on any atom is -0.329 e. The summed E-state index contributed by atoms with van der Waals surface area (Å²) in [5, 5.41) is 15.2. The summed E-state index contributed by atoms with van der Waals surface area (Å²) in [5.74, 6) is 0. The van der Waals surface area contributed by atoms with Crippen LogP contribution in [0.1, 0.15) is 5.56 Å². The van der Waals surface area contributed by atoms with Crippen molar-refractivity contribution in [3.05, 3.63) is 62.8 Å². The van der Waals surface area contributed by atoms with Gasteiger partial charge in [0.25, 0.3) is 11.2 Å². The third-order valence-corrected chi connectivity index (χ3v) is 3.46. The number of non-ortho nitro benzene ring substituents is 1. The molecule has 3 rings (SSSR count).